The largest absolute Gasteiger partial charge is 0.506 e. The van der Waals surface area contributed by atoms with Crippen molar-refractivity contribution in [1.29, 1.82) is 0 Å². The minimum atomic E-state index is -0.0563. The fourth-order valence-electron chi connectivity index (χ4n) is 5.80. The maximum Gasteiger partial charge on any atom is 0.238 e. The third kappa shape index (κ3) is 10.7. The first kappa shape index (κ1) is 43.9. The standard InChI is InChI=1S/2C22H26N4O2.Co/c2*1-5-22(2,3)16-11-12-19(27)17(14-16)23-24-20-18(25-26(4)21(20)28)13-15-9-7-6-8-10-15;/h2*6-12,14,27-28H,5,13H2,1-4H3;. The zero-order chi connectivity index (χ0) is 40.6. The van der Waals surface area contributed by atoms with E-state index in [-0.39, 0.29) is 50.9 Å². The molecule has 57 heavy (non-hydrogen) atoms. The maximum atomic E-state index is 10.3. The Labute approximate surface area is 344 Å². The number of aromatic hydroxyl groups is 4. The molecule has 4 N–H and O–H groups in total. The second kappa shape index (κ2) is 18.9. The second-order valence-electron chi connectivity index (χ2n) is 15.1. The predicted molar refractivity (Wildman–Crippen MR) is 219 cm³/mol. The molecule has 0 aliphatic carbocycles. The number of aryl methyl sites for hydroxylation is 2. The Bertz CT molecular complexity index is 2150. The average Bonchev–Trinajstić information content (AvgIpc) is 3.61. The molecule has 2 aromatic heterocycles. The minimum absolute atomic E-state index is 0. The third-order valence-electron chi connectivity index (χ3n) is 10.4. The second-order valence-corrected chi connectivity index (χ2v) is 15.1. The molecule has 1 radical (unpaired) electrons. The number of phenolic OH excluding ortho intramolecular Hbond substituents is 2. The summed E-state index contributed by atoms with van der Waals surface area (Å²) in [5.41, 5.74) is 6.80. The van der Waals surface area contributed by atoms with Crippen molar-refractivity contribution in [2.45, 2.75) is 78.1 Å². The molecule has 6 rings (SSSR count). The van der Waals surface area contributed by atoms with Gasteiger partial charge in [0.05, 0.1) is 11.4 Å². The van der Waals surface area contributed by atoms with Crippen LogP contribution in [0, 0.1) is 0 Å². The van der Waals surface area contributed by atoms with E-state index in [4.69, 9.17) is 0 Å². The Hall–Kier alpha value is -5.79. The third-order valence-corrected chi connectivity index (χ3v) is 10.4. The molecule has 6 aromatic rings. The Kier molecular flexibility index (Phi) is 14.6. The van der Waals surface area contributed by atoms with Gasteiger partial charge in [0.2, 0.25) is 11.8 Å². The van der Waals surface area contributed by atoms with Gasteiger partial charge in [0, 0.05) is 43.7 Å². The van der Waals surface area contributed by atoms with Gasteiger partial charge in [-0.15, -0.1) is 20.5 Å². The molecule has 12 nitrogen and oxygen atoms in total. The van der Waals surface area contributed by atoms with E-state index in [9.17, 15) is 20.4 Å². The molecule has 0 fully saturated rings. The number of azo groups is 2. The number of hydrogen-bond donors (Lipinski definition) is 4. The van der Waals surface area contributed by atoms with Crippen LogP contribution in [0.2, 0.25) is 0 Å². The predicted octanol–water partition coefficient (Wildman–Crippen LogP) is 11.0. The molecule has 301 valence electrons. The molecule has 4 aromatic carbocycles. The van der Waals surface area contributed by atoms with E-state index in [0.717, 1.165) is 35.1 Å². The van der Waals surface area contributed by atoms with Crippen molar-refractivity contribution >= 4 is 22.7 Å². The minimum Gasteiger partial charge on any atom is -0.506 e. The molecular formula is C44H52CoN8O4. The van der Waals surface area contributed by atoms with E-state index in [1.54, 1.807) is 26.2 Å². The molecule has 0 saturated carbocycles. The fraction of sp³-hybridized carbons (Fsp3) is 0.318. The van der Waals surface area contributed by atoms with Gasteiger partial charge in [-0.2, -0.15) is 10.2 Å². The molecule has 0 unspecified atom stereocenters. The van der Waals surface area contributed by atoms with E-state index >= 15 is 0 Å². The smallest absolute Gasteiger partial charge is 0.238 e. The van der Waals surface area contributed by atoms with Crippen molar-refractivity contribution in [3.05, 3.63) is 131 Å². The maximum absolute atomic E-state index is 10.3. The van der Waals surface area contributed by atoms with E-state index in [1.807, 2.05) is 84.9 Å². The molecule has 0 aliphatic rings. The normalized spacial score (nSPS) is 11.8. The SMILES string of the molecule is CCC(C)(C)c1ccc(O)c(N=Nc2c(Cc3ccccc3)nn(C)c2O)c1.CCC(C)(C)c1ccc(O)c(N=Nc2c(Cc3ccccc3)nn(C)c2O)c1.[Co]. The fourth-order valence-corrected chi connectivity index (χ4v) is 5.80. The molecule has 13 heteroatoms. The molecular weight excluding hydrogens is 763 g/mol. The van der Waals surface area contributed by atoms with Crippen molar-refractivity contribution in [3.63, 3.8) is 0 Å². The summed E-state index contributed by atoms with van der Waals surface area (Å²) in [4.78, 5) is 0. The van der Waals surface area contributed by atoms with Crippen molar-refractivity contribution in [2.24, 2.45) is 34.6 Å². The van der Waals surface area contributed by atoms with Crippen LogP contribution in [0.3, 0.4) is 0 Å². The van der Waals surface area contributed by atoms with E-state index < -0.39 is 0 Å². The first-order valence-electron chi connectivity index (χ1n) is 18.7. The van der Waals surface area contributed by atoms with Crippen LogP contribution < -0.4 is 0 Å². The van der Waals surface area contributed by atoms with Crippen LogP contribution in [0.15, 0.2) is 118 Å². The summed E-state index contributed by atoms with van der Waals surface area (Å²) in [5, 5.41) is 66.7. The summed E-state index contributed by atoms with van der Waals surface area (Å²) >= 11 is 0. The number of benzene rings is 4. The van der Waals surface area contributed by atoms with Gasteiger partial charge in [-0.25, -0.2) is 9.36 Å². The molecule has 0 spiro atoms. The van der Waals surface area contributed by atoms with Gasteiger partial charge >= 0.3 is 0 Å². The van der Waals surface area contributed by atoms with Crippen LogP contribution in [0.4, 0.5) is 22.7 Å². The molecule has 0 saturated heterocycles. The van der Waals surface area contributed by atoms with Crippen LogP contribution in [-0.2, 0) is 54.5 Å². The first-order valence-corrected chi connectivity index (χ1v) is 18.7. The van der Waals surface area contributed by atoms with Crippen molar-refractivity contribution < 1.29 is 37.2 Å². The summed E-state index contributed by atoms with van der Waals surface area (Å²) in [6, 6.07) is 30.5. The molecule has 0 amide bonds. The topological polar surface area (TPSA) is 166 Å². The summed E-state index contributed by atoms with van der Waals surface area (Å²) in [5.74, 6) is -0.0155. The van der Waals surface area contributed by atoms with Gasteiger partial charge in [0.25, 0.3) is 0 Å². The van der Waals surface area contributed by atoms with E-state index in [0.29, 0.717) is 47.0 Å². The number of hydrogen-bond acceptors (Lipinski definition) is 10. The molecule has 2 heterocycles. The van der Waals surface area contributed by atoms with Crippen molar-refractivity contribution in [3.8, 4) is 23.3 Å². The Morgan fingerprint density at radius 3 is 1.21 bits per heavy atom. The van der Waals surface area contributed by atoms with Crippen LogP contribution in [0.5, 0.6) is 23.3 Å². The Morgan fingerprint density at radius 1 is 0.526 bits per heavy atom. The number of nitrogens with zero attached hydrogens (tertiary/aromatic N) is 8. The van der Waals surface area contributed by atoms with Crippen LogP contribution >= 0.6 is 0 Å². The van der Waals surface area contributed by atoms with Gasteiger partial charge in [0.1, 0.15) is 22.9 Å². The van der Waals surface area contributed by atoms with Crippen molar-refractivity contribution in [2.75, 3.05) is 0 Å². The summed E-state index contributed by atoms with van der Waals surface area (Å²) < 4.78 is 2.76. The zero-order valence-electron chi connectivity index (χ0n) is 33.8. The Morgan fingerprint density at radius 2 is 0.877 bits per heavy atom. The number of aromatic nitrogens is 4. The molecule has 0 bridgehead atoms. The summed E-state index contributed by atoms with van der Waals surface area (Å²) in [6.07, 6.45) is 2.97. The van der Waals surface area contributed by atoms with Gasteiger partial charge in [-0.3, -0.25) is 0 Å². The van der Waals surface area contributed by atoms with Gasteiger partial charge < -0.3 is 20.4 Å². The number of phenols is 2. The molecule has 0 atom stereocenters. The monoisotopic (exact) mass is 815 g/mol. The molecule has 0 aliphatic heterocycles. The number of rotatable bonds is 12. The first-order chi connectivity index (χ1) is 26.6. The van der Waals surface area contributed by atoms with Gasteiger partial charge in [-0.1, -0.05) is 114 Å². The quantitative estimate of drug-likeness (QED) is 0.0897. The van der Waals surface area contributed by atoms with Crippen LogP contribution in [0.1, 0.15) is 88.0 Å². The van der Waals surface area contributed by atoms with E-state index in [1.165, 1.54) is 9.36 Å². The Balaban J connectivity index is 0.000000248. The van der Waals surface area contributed by atoms with Crippen LogP contribution in [-0.4, -0.2) is 40.0 Å². The summed E-state index contributed by atoms with van der Waals surface area (Å²) in [6.45, 7) is 12.8. The van der Waals surface area contributed by atoms with Gasteiger partial charge in [0.15, 0.2) is 11.4 Å². The van der Waals surface area contributed by atoms with Gasteiger partial charge in [-0.05, 0) is 70.2 Å². The zero-order valence-corrected chi connectivity index (χ0v) is 34.8. The average molecular weight is 816 g/mol. The van der Waals surface area contributed by atoms with Crippen LogP contribution in [0.25, 0.3) is 0 Å². The van der Waals surface area contributed by atoms with E-state index in [2.05, 4.69) is 72.2 Å². The van der Waals surface area contributed by atoms with Crippen molar-refractivity contribution in [1.82, 2.24) is 19.6 Å². The summed E-state index contributed by atoms with van der Waals surface area (Å²) in [7, 11) is 3.31.